The zero-order valence-electron chi connectivity index (χ0n) is 6.28. The quantitative estimate of drug-likeness (QED) is 0.539. The first-order valence-corrected chi connectivity index (χ1v) is 3.75. The van der Waals surface area contributed by atoms with Crippen molar-refractivity contribution in [2.24, 2.45) is 5.92 Å². The van der Waals surface area contributed by atoms with Gasteiger partial charge in [0.2, 0.25) is 0 Å². The lowest BCUT2D eigenvalue weighted by Crippen LogP contribution is -2.48. The van der Waals surface area contributed by atoms with Crippen LogP contribution in [0.1, 0.15) is 19.8 Å². The van der Waals surface area contributed by atoms with E-state index < -0.39 is 0 Å². The molecule has 0 saturated carbocycles. The Morgan fingerprint density at radius 1 is 1.56 bits per heavy atom. The second-order valence-electron chi connectivity index (χ2n) is 2.84. The summed E-state index contributed by atoms with van der Waals surface area (Å²) in [4.78, 5) is 0. The van der Waals surface area contributed by atoms with Crippen LogP contribution in [0.25, 0.3) is 0 Å². The van der Waals surface area contributed by atoms with E-state index in [1.807, 2.05) is 7.05 Å². The SMILES string of the molecule is CN[C@H]1NCCC[C@@H]1C. The molecule has 9 heavy (non-hydrogen) atoms. The molecule has 0 spiro atoms. The van der Waals surface area contributed by atoms with E-state index in [1.54, 1.807) is 0 Å². The highest BCUT2D eigenvalue weighted by molar-refractivity contribution is 4.74. The first-order valence-electron chi connectivity index (χ1n) is 3.75. The number of hydrogen-bond acceptors (Lipinski definition) is 2. The van der Waals surface area contributed by atoms with Crippen LogP contribution in [-0.2, 0) is 0 Å². The predicted molar refractivity (Wildman–Crippen MR) is 39.2 cm³/mol. The highest BCUT2D eigenvalue weighted by Crippen LogP contribution is 2.12. The minimum Gasteiger partial charge on any atom is -0.305 e. The molecule has 1 saturated heterocycles. The van der Waals surface area contributed by atoms with Gasteiger partial charge in [0.25, 0.3) is 0 Å². The Labute approximate surface area is 57.0 Å². The summed E-state index contributed by atoms with van der Waals surface area (Å²) in [6.07, 6.45) is 3.25. The molecule has 54 valence electrons. The summed E-state index contributed by atoms with van der Waals surface area (Å²) in [6.45, 7) is 3.46. The Morgan fingerprint density at radius 3 is 2.78 bits per heavy atom. The van der Waals surface area contributed by atoms with Crippen LogP contribution < -0.4 is 10.6 Å². The van der Waals surface area contributed by atoms with Crippen LogP contribution in [0.2, 0.25) is 0 Å². The van der Waals surface area contributed by atoms with Crippen molar-refractivity contribution in [2.75, 3.05) is 13.6 Å². The minimum atomic E-state index is 0.554. The smallest absolute Gasteiger partial charge is 0.0595 e. The molecule has 0 aliphatic carbocycles. The van der Waals surface area contributed by atoms with Gasteiger partial charge in [0.05, 0.1) is 6.17 Å². The highest BCUT2D eigenvalue weighted by Gasteiger charge is 2.17. The maximum atomic E-state index is 3.41. The molecular formula is C7H16N2. The summed E-state index contributed by atoms with van der Waals surface area (Å²) in [5, 5.41) is 6.65. The fourth-order valence-electron chi connectivity index (χ4n) is 1.44. The molecule has 1 aliphatic heterocycles. The Morgan fingerprint density at radius 2 is 2.33 bits per heavy atom. The van der Waals surface area contributed by atoms with E-state index in [2.05, 4.69) is 17.6 Å². The standard InChI is InChI=1S/C7H16N2/c1-6-4-3-5-9-7(6)8-2/h6-9H,3-5H2,1-2H3/t6-,7-/m0/s1. The average Bonchev–Trinajstić information content (AvgIpc) is 1.89. The van der Waals surface area contributed by atoms with Crippen molar-refractivity contribution in [1.29, 1.82) is 0 Å². The second-order valence-corrected chi connectivity index (χ2v) is 2.84. The summed E-state index contributed by atoms with van der Waals surface area (Å²) < 4.78 is 0. The largest absolute Gasteiger partial charge is 0.305 e. The molecule has 0 aromatic heterocycles. The van der Waals surface area contributed by atoms with Crippen LogP contribution in [-0.4, -0.2) is 19.8 Å². The van der Waals surface area contributed by atoms with E-state index in [0.717, 1.165) is 5.92 Å². The third-order valence-corrected chi connectivity index (χ3v) is 2.08. The molecule has 0 bridgehead atoms. The van der Waals surface area contributed by atoms with Crippen LogP contribution in [0, 0.1) is 5.92 Å². The Hall–Kier alpha value is -0.0800. The highest BCUT2D eigenvalue weighted by atomic mass is 15.1. The van der Waals surface area contributed by atoms with E-state index in [9.17, 15) is 0 Å². The van der Waals surface area contributed by atoms with Crippen LogP contribution in [0.4, 0.5) is 0 Å². The maximum Gasteiger partial charge on any atom is 0.0595 e. The van der Waals surface area contributed by atoms with Crippen LogP contribution in [0.5, 0.6) is 0 Å². The first kappa shape index (κ1) is 7.03. The Balaban J connectivity index is 2.30. The Kier molecular flexibility index (Phi) is 2.49. The molecule has 0 radical (unpaired) electrons. The number of piperidine rings is 1. The maximum absolute atomic E-state index is 3.41. The van der Waals surface area contributed by atoms with Gasteiger partial charge in [-0.2, -0.15) is 0 Å². The lowest BCUT2D eigenvalue weighted by molar-refractivity contribution is 0.269. The molecule has 0 aromatic carbocycles. The second kappa shape index (κ2) is 3.18. The van der Waals surface area contributed by atoms with E-state index in [0.29, 0.717) is 6.17 Å². The predicted octanol–water partition coefficient (Wildman–Crippen LogP) is 0.551. The lowest BCUT2D eigenvalue weighted by atomic mass is 9.98. The number of rotatable bonds is 1. The van der Waals surface area contributed by atoms with Gasteiger partial charge in [0.15, 0.2) is 0 Å². The van der Waals surface area contributed by atoms with Crippen molar-refractivity contribution in [3.63, 3.8) is 0 Å². The van der Waals surface area contributed by atoms with Crippen molar-refractivity contribution in [2.45, 2.75) is 25.9 Å². The van der Waals surface area contributed by atoms with Crippen molar-refractivity contribution in [3.05, 3.63) is 0 Å². The monoisotopic (exact) mass is 128 g/mol. The molecule has 1 heterocycles. The zero-order chi connectivity index (χ0) is 6.69. The van der Waals surface area contributed by atoms with Crippen molar-refractivity contribution in [1.82, 2.24) is 10.6 Å². The molecule has 1 rings (SSSR count). The Bertz CT molecular complexity index is 83.0. The van der Waals surface area contributed by atoms with Gasteiger partial charge in [-0.3, -0.25) is 0 Å². The summed E-state index contributed by atoms with van der Waals surface area (Å²) >= 11 is 0. The molecule has 1 aliphatic rings. The van der Waals surface area contributed by atoms with Crippen LogP contribution in [0.15, 0.2) is 0 Å². The summed E-state index contributed by atoms with van der Waals surface area (Å²) in [7, 11) is 2.01. The van der Waals surface area contributed by atoms with Crippen LogP contribution in [0.3, 0.4) is 0 Å². The van der Waals surface area contributed by atoms with Gasteiger partial charge in [-0.05, 0) is 32.4 Å². The minimum absolute atomic E-state index is 0.554. The molecule has 0 aromatic rings. The van der Waals surface area contributed by atoms with Gasteiger partial charge in [0, 0.05) is 0 Å². The third-order valence-electron chi connectivity index (χ3n) is 2.08. The molecule has 2 N–H and O–H groups in total. The average molecular weight is 128 g/mol. The van der Waals surface area contributed by atoms with Crippen molar-refractivity contribution in [3.8, 4) is 0 Å². The van der Waals surface area contributed by atoms with Crippen molar-refractivity contribution < 1.29 is 0 Å². The van der Waals surface area contributed by atoms with E-state index in [1.165, 1.54) is 19.4 Å². The summed E-state index contributed by atoms with van der Waals surface area (Å²) in [5.41, 5.74) is 0. The topological polar surface area (TPSA) is 24.1 Å². The lowest BCUT2D eigenvalue weighted by Gasteiger charge is -2.29. The summed E-state index contributed by atoms with van der Waals surface area (Å²) in [6, 6.07) is 0. The fraction of sp³-hybridized carbons (Fsp3) is 1.00. The molecule has 2 heteroatoms. The van der Waals surface area contributed by atoms with Gasteiger partial charge in [-0.15, -0.1) is 0 Å². The number of nitrogens with one attached hydrogen (secondary N) is 2. The van der Waals surface area contributed by atoms with E-state index >= 15 is 0 Å². The normalized spacial score (nSPS) is 36.7. The van der Waals surface area contributed by atoms with E-state index in [4.69, 9.17) is 0 Å². The van der Waals surface area contributed by atoms with Gasteiger partial charge in [0.1, 0.15) is 0 Å². The zero-order valence-corrected chi connectivity index (χ0v) is 6.28. The molecule has 2 nitrogen and oxygen atoms in total. The molecule has 0 unspecified atom stereocenters. The van der Waals surface area contributed by atoms with Gasteiger partial charge < -0.3 is 10.6 Å². The molecule has 0 amide bonds. The van der Waals surface area contributed by atoms with E-state index in [-0.39, 0.29) is 0 Å². The van der Waals surface area contributed by atoms with Gasteiger partial charge in [-0.1, -0.05) is 6.92 Å². The summed E-state index contributed by atoms with van der Waals surface area (Å²) in [5.74, 6) is 0.795. The molecule has 2 atom stereocenters. The third kappa shape index (κ3) is 1.66. The van der Waals surface area contributed by atoms with Crippen LogP contribution >= 0.6 is 0 Å². The van der Waals surface area contributed by atoms with Crippen molar-refractivity contribution >= 4 is 0 Å². The fourth-order valence-corrected chi connectivity index (χ4v) is 1.44. The molecule has 1 fully saturated rings. The number of hydrogen-bond donors (Lipinski definition) is 2. The van der Waals surface area contributed by atoms with Gasteiger partial charge >= 0.3 is 0 Å². The molecular weight excluding hydrogens is 112 g/mol. The van der Waals surface area contributed by atoms with Gasteiger partial charge in [-0.25, -0.2) is 0 Å². The first-order chi connectivity index (χ1) is 4.34.